The zero-order valence-electron chi connectivity index (χ0n) is 10.6. The van der Waals surface area contributed by atoms with E-state index in [1.165, 1.54) is 11.1 Å². The van der Waals surface area contributed by atoms with Gasteiger partial charge in [0.05, 0.1) is 7.11 Å². The zero-order chi connectivity index (χ0) is 12.1. The van der Waals surface area contributed by atoms with Crippen molar-refractivity contribution in [3.8, 4) is 5.75 Å². The minimum Gasteiger partial charge on any atom is -0.496 e. The van der Waals surface area contributed by atoms with Gasteiger partial charge in [-0.25, -0.2) is 0 Å². The normalized spacial score (nSPS) is 11.1. The van der Waals surface area contributed by atoms with Crippen LogP contribution < -0.4 is 4.74 Å². The van der Waals surface area contributed by atoms with Crippen molar-refractivity contribution < 1.29 is 4.74 Å². The summed E-state index contributed by atoms with van der Waals surface area (Å²) in [5.41, 5.74) is 3.62. The van der Waals surface area contributed by atoms with Gasteiger partial charge >= 0.3 is 0 Å². The molecule has 86 valence electrons. The third kappa shape index (κ3) is 2.35. The predicted octanol–water partition coefficient (Wildman–Crippen LogP) is 4.49. The fourth-order valence-corrected chi connectivity index (χ4v) is 1.88. The quantitative estimate of drug-likeness (QED) is 0.720. The highest BCUT2D eigenvalue weighted by Gasteiger charge is 2.11. The van der Waals surface area contributed by atoms with Crippen LogP contribution in [0.5, 0.6) is 5.75 Å². The molecule has 1 nitrogen and oxygen atoms in total. The first-order valence-corrected chi connectivity index (χ1v) is 5.61. The summed E-state index contributed by atoms with van der Waals surface area (Å²) in [7, 11) is 1.69. The number of methoxy groups -OCH3 is 1. The van der Waals surface area contributed by atoms with E-state index < -0.39 is 0 Å². The second-order valence-corrected chi connectivity index (χ2v) is 4.04. The molecule has 0 spiro atoms. The molecule has 0 saturated carbocycles. The van der Waals surface area contributed by atoms with Crippen molar-refractivity contribution in [2.45, 2.75) is 26.7 Å². The van der Waals surface area contributed by atoms with Crippen LogP contribution in [0.2, 0.25) is 0 Å². The Morgan fingerprint density at radius 1 is 1.25 bits per heavy atom. The van der Waals surface area contributed by atoms with Crippen molar-refractivity contribution >= 4 is 12.2 Å². The first-order chi connectivity index (χ1) is 7.65. The molecule has 0 radical (unpaired) electrons. The first-order valence-electron chi connectivity index (χ1n) is 5.61. The molecule has 0 fully saturated rings. The van der Waals surface area contributed by atoms with Gasteiger partial charge in [-0.1, -0.05) is 44.7 Å². The van der Waals surface area contributed by atoms with Gasteiger partial charge in [0.1, 0.15) is 5.75 Å². The van der Waals surface area contributed by atoms with Crippen LogP contribution in [0.15, 0.2) is 24.8 Å². The third-order valence-corrected chi connectivity index (χ3v) is 2.66. The molecule has 1 rings (SSSR count). The molecule has 1 aromatic rings. The summed E-state index contributed by atoms with van der Waals surface area (Å²) in [4.78, 5) is 0. The molecule has 0 aliphatic rings. The largest absolute Gasteiger partial charge is 0.496 e. The molecule has 0 atom stereocenters. The van der Waals surface area contributed by atoms with Crippen LogP contribution in [0.1, 0.15) is 43.4 Å². The van der Waals surface area contributed by atoms with Crippen LogP contribution in [-0.2, 0) is 0 Å². The molecule has 1 heteroatoms. The predicted molar refractivity (Wildman–Crippen MR) is 71.9 cm³/mol. The summed E-state index contributed by atoms with van der Waals surface area (Å²) in [6.45, 7) is 10.3. The summed E-state index contributed by atoms with van der Waals surface area (Å²) in [6.07, 6.45) is 6.03. The van der Waals surface area contributed by atoms with Gasteiger partial charge in [0.15, 0.2) is 0 Å². The highest BCUT2D eigenvalue weighted by molar-refractivity contribution is 5.72. The Hall–Kier alpha value is -1.50. The van der Waals surface area contributed by atoms with Gasteiger partial charge in [0.25, 0.3) is 0 Å². The monoisotopic (exact) mass is 216 g/mol. The van der Waals surface area contributed by atoms with Crippen LogP contribution in [0.3, 0.4) is 0 Å². The molecule has 16 heavy (non-hydrogen) atoms. The Morgan fingerprint density at radius 2 is 1.94 bits per heavy atom. The van der Waals surface area contributed by atoms with Crippen LogP contribution in [0, 0.1) is 0 Å². The molecule has 0 unspecified atom stereocenters. The average Bonchev–Trinajstić information content (AvgIpc) is 2.28. The number of rotatable bonds is 4. The zero-order valence-corrected chi connectivity index (χ0v) is 10.6. The molecule has 0 bridgehead atoms. The molecule has 0 aliphatic carbocycles. The molecule has 0 heterocycles. The lowest BCUT2D eigenvalue weighted by molar-refractivity contribution is 0.413. The lowest BCUT2D eigenvalue weighted by Crippen LogP contribution is -1.97. The summed E-state index contributed by atoms with van der Waals surface area (Å²) >= 11 is 0. The maximum absolute atomic E-state index is 5.35. The van der Waals surface area contributed by atoms with Gasteiger partial charge in [-0.15, -0.1) is 0 Å². The minimum absolute atomic E-state index is 0.496. The van der Waals surface area contributed by atoms with Crippen LogP contribution >= 0.6 is 0 Å². The number of benzene rings is 1. The third-order valence-electron chi connectivity index (χ3n) is 2.66. The van der Waals surface area contributed by atoms with Gasteiger partial charge < -0.3 is 4.74 Å². The summed E-state index contributed by atoms with van der Waals surface area (Å²) in [5.74, 6) is 1.38. The molecule has 0 saturated heterocycles. The van der Waals surface area contributed by atoms with E-state index in [1.807, 2.05) is 25.1 Å². The molecule has 0 N–H and O–H groups in total. The number of hydrogen-bond donors (Lipinski definition) is 0. The van der Waals surface area contributed by atoms with E-state index in [2.05, 4.69) is 32.6 Å². The Balaban J connectivity index is 3.49. The SMILES string of the molecule is C=Cc1c(OC)ccc(C(C)C)c1/C=C\C. The van der Waals surface area contributed by atoms with Crippen LogP contribution in [0.4, 0.5) is 0 Å². The van der Waals surface area contributed by atoms with Gasteiger partial charge in [0.2, 0.25) is 0 Å². The van der Waals surface area contributed by atoms with Crippen molar-refractivity contribution in [1.82, 2.24) is 0 Å². The molecule has 0 amide bonds. The minimum atomic E-state index is 0.496. The Morgan fingerprint density at radius 3 is 2.38 bits per heavy atom. The van der Waals surface area contributed by atoms with Crippen LogP contribution in [-0.4, -0.2) is 7.11 Å². The lowest BCUT2D eigenvalue weighted by Gasteiger charge is -2.15. The lowest BCUT2D eigenvalue weighted by atomic mass is 9.92. The van der Waals surface area contributed by atoms with Crippen molar-refractivity contribution in [3.05, 3.63) is 41.5 Å². The smallest absolute Gasteiger partial charge is 0.126 e. The summed E-state index contributed by atoms with van der Waals surface area (Å²) in [5, 5.41) is 0. The first kappa shape index (κ1) is 12.6. The Labute approximate surface area is 98.5 Å². The number of ether oxygens (including phenoxy) is 1. The average molecular weight is 216 g/mol. The van der Waals surface area contributed by atoms with E-state index in [1.54, 1.807) is 7.11 Å². The highest BCUT2D eigenvalue weighted by atomic mass is 16.5. The van der Waals surface area contributed by atoms with E-state index in [-0.39, 0.29) is 0 Å². The van der Waals surface area contributed by atoms with E-state index in [0.717, 1.165) is 11.3 Å². The maximum atomic E-state index is 5.35. The second-order valence-electron chi connectivity index (χ2n) is 4.04. The maximum Gasteiger partial charge on any atom is 0.126 e. The van der Waals surface area contributed by atoms with Gasteiger partial charge in [-0.05, 0) is 30.0 Å². The molecular weight excluding hydrogens is 196 g/mol. The van der Waals surface area contributed by atoms with Crippen molar-refractivity contribution in [2.24, 2.45) is 0 Å². The van der Waals surface area contributed by atoms with E-state index >= 15 is 0 Å². The standard InChI is InChI=1S/C15H20O/c1-6-8-14-12(7-2)15(16-5)10-9-13(14)11(3)4/h6-11H,2H2,1,3-5H3/b8-6-. The fourth-order valence-electron chi connectivity index (χ4n) is 1.88. The van der Waals surface area contributed by atoms with Crippen molar-refractivity contribution in [3.63, 3.8) is 0 Å². The van der Waals surface area contributed by atoms with E-state index in [4.69, 9.17) is 4.74 Å². The molecule has 1 aromatic carbocycles. The summed E-state index contributed by atoms with van der Waals surface area (Å²) in [6, 6.07) is 4.14. The van der Waals surface area contributed by atoms with Crippen molar-refractivity contribution in [1.29, 1.82) is 0 Å². The topological polar surface area (TPSA) is 9.23 Å². The van der Waals surface area contributed by atoms with Crippen LogP contribution in [0.25, 0.3) is 12.2 Å². The molecule has 0 aliphatic heterocycles. The fraction of sp³-hybridized carbons (Fsp3) is 0.333. The number of allylic oxidation sites excluding steroid dienone is 1. The Kier molecular flexibility index (Phi) is 4.36. The van der Waals surface area contributed by atoms with Gasteiger partial charge in [-0.3, -0.25) is 0 Å². The molecule has 0 aromatic heterocycles. The summed E-state index contributed by atoms with van der Waals surface area (Å²) < 4.78 is 5.35. The van der Waals surface area contributed by atoms with Crippen molar-refractivity contribution in [2.75, 3.05) is 7.11 Å². The van der Waals surface area contributed by atoms with Gasteiger partial charge in [0, 0.05) is 5.56 Å². The van der Waals surface area contributed by atoms with E-state index in [0.29, 0.717) is 5.92 Å². The highest BCUT2D eigenvalue weighted by Crippen LogP contribution is 2.31. The number of hydrogen-bond acceptors (Lipinski definition) is 1. The molecular formula is C15H20O. The second kappa shape index (κ2) is 5.55. The Bertz CT molecular complexity index is 400. The van der Waals surface area contributed by atoms with E-state index in [9.17, 15) is 0 Å². The van der Waals surface area contributed by atoms with Gasteiger partial charge in [-0.2, -0.15) is 0 Å².